The van der Waals surface area contributed by atoms with Crippen LogP contribution >= 0.6 is 0 Å². The molecule has 0 saturated carbocycles. The van der Waals surface area contributed by atoms with Gasteiger partial charge < -0.3 is 15.2 Å². The number of methoxy groups -OCH3 is 1. The molecule has 19 heavy (non-hydrogen) atoms. The third-order valence-corrected chi connectivity index (χ3v) is 2.93. The van der Waals surface area contributed by atoms with Crippen molar-refractivity contribution in [1.29, 1.82) is 0 Å². The Hall–Kier alpha value is -2.00. The Balaban J connectivity index is 2.30. The lowest BCUT2D eigenvalue weighted by Gasteiger charge is -2.24. The number of ether oxygens (including phenoxy) is 2. The average Bonchev–Trinajstić information content (AvgIpc) is 2.45. The van der Waals surface area contributed by atoms with E-state index >= 15 is 0 Å². The average molecular weight is 257 g/mol. The minimum atomic E-state index is -0.237. The highest BCUT2D eigenvalue weighted by molar-refractivity contribution is 5.37. The van der Waals surface area contributed by atoms with Gasteiger partial charge in [-0.3, -0.25) is 0 Å². The van der Waals surface area contributed by atoms with Crippen LogP contribution in [0.4, 0.5) is 0 Å². The van der Waals surface area contributed by atoms with Gasteiger partial charge >= 0.3 is 0 Å². The summed E-state index contributed by atoms with van der Waals surface area (Å²) >= 11 is 0. The Kier molecular flexibility index (Phi) is 4.42. The van der Waals surface area contributed by atoms with Gasteiger partial charge in [-0.25, -0.2) is 0 Å². The van der Waals surface area contributed by atoms with E-state index in [0.717, 1.165) is 17.1 Å². The van der Waals surface area contributed by atoms with Crippen molar-refractivity contribution in [3.8, 4) is 11.5 Å². The fourth-order valence-electron chi connectivity index (χ4n) is 2.00. The maximum atomic E-state index is 6.06. The molecular weight excluding hydrogens is 238 g/mol. The number of benzene rings is 2. The third kappa shape index (κ3) is 3.26. The molecule has 0 radical (unpaired) electrons. The van der Waals surface area contributed by atoms with Gasteiger partial charge in [0.2, 0.25) is 0 Å². The first-order chi connectivity index (χ1) is 9.22. The van der Waals surface area contributed by atoms with Crippen LogP contribution in [0.3, 0.4) is 0 Å². The van der Waals surface area contributed by atoms with Crippen molar-refractivity contribution in [2.24, 2.45) is 5.73 Å². The Morgan fingerprint density at radius 3 is 2.21 bits per heavy atom. The van der Waals surface area contributed by atoms with E-state index in [-0.39, 0.29) is 12.1 Å². The maximum absolute atomic E-state index is 6.06. The number of hydrogen-bond acceptors (Lipinski definition) is 3. The molecule has 0 aromatic heterocycles. The molecule has 2 aromatic carbocycles. The van der Waals surface area contributed by atoms with Crippen molar-refractivity contribution in [3.63, 3.8) is 0 Å². The van der Waals surface area contributed by atoms with E-state index in [1.54, 1.807) is 7.11 Å². The molecule has 2 rings (SSSR count). The predicted molar refractivity (Wildman–Crippen MR) is 76.5 cm³/mol. The van der Waals surface area contributed by atoms with Gasteiger partial charge in [0.05, 0.1) is 7.11 Å². The molecule has 0 aliphatic heterocycles. The summed E-state index contributed by atoms with van der Waals surface area (Å²) in [6, 6.07) is 17.3. The Morgan fingerprint density at radius 2 is 1.58 bits per heavy atom. The van der Waals surface area contributed by atoms with Crippen molar-refractivity contribution in [1.82, 2.24) is 0 Å². The zero-order valence-electron chi connectivity index (χ0n) is 11.2. The van der Waals surface area contributed by atoms with Crippen molar-refractivity contribution in [3.05, 3.63) is 60.2 Å². The van der Waals surface area contributed by atoms with E-state index in [9.17, 15) is 0 Å². The smallest absolute Gasteiger partial charge is 0.142 e. The molecule has 3 heteroatoms. The van der Waals surface area contributed by atoms with Crippen LogP contribution in [0.2, 0.25) is 0 Å². The van der Waals surface area contributed by atoms with Gasteiger partial charge in [0, 0.05) is 11.6 Å². The van der Waals surface area contributed by atoms with E-state index in [4.69, 9.17) is 15.2 Å². The molecule has 0 heterocycles. The number of para-hydroxylation sites is 2. The molecule has 0 aliphatic carbocycles. The third-order valence-electron chi connectivity index (χ3n) is 2.93. The van der Waals surface area contributed by atoms with Crippen LogP contribution < -0.4 is 15.2 Å². The Bertz CT molecular complexity index is 511. The standard InChI is InChI=1S/C16H19NO2/c1-12(17)16(19-13-8-4-3-5-9-13)14-10-6-7-11-15(14)18-2/h3-12,16H,17H2,1-2H3. The summed E-state index contributed by atoms with van der Waals surface area (Å²) in [5, 5.41) is 0. The van der Waals surface area contributed by atoms with Gasteiger partial charge in [-0.2, -0.15) is 0 Å². The summed E-state index contributed by atoms with van der Waals surface area (Å²) < 4.78 is 11.4. The van der Waals surface area contributed by atoms with E-state index in [0.29, 0.717) is 0 Å². The first kappa shape index (κ1) is 13.4. The quantitative estimate of drug-likeness (QED) is 0.894. The first-order valence-corrected chi connectivity index (χ1v) is 6.32. The molecule has 2 atom stereocenters. The summed E-state index contributed by atoms with van der Waals surface area (Å²) in [4.78, 5) is 0. The first-order valence-electron chi connectivity index (χ1n) is 6.32. The van der Waals surface area contributed by atoms with Crippen molar-refractivity contribution >= 4 is 0 Å². The molecule has 0 spiro atoms. The zero-order valence-corrected chi connectivity index (χ0v) is 11.2. The lowest BCUT2D eigenvalue weighted by atomic mass is 10.0. The van der Waals surface area contributed by atoms with Gasteiger partial charge in [0.1, 0.15) is 17.6 Å². The van der Waals surface area contributed by atoms with Gasteiger partial charge in [-0.1, -0.05) is 36.4 Å². The minimum absolute atomic E-state index is 0.142. The van der Waals surface area contributed by atoms with Crippen LogP contribution in [0.5, 0.6) is 11.5 Å². The molecule has 2 N–H and O–H groups in total. The second kappa shape index (κ2) is 6.25. The fourth-order valence-corrected chi connectivity index (χ4v) is 2.00. The Labute approximate surface area is 114 Å². The number of rotatable bonds is 5. The molecule has 3 nitrogen and oxygen atoms in total. The van der Waals surface area contributed by atoms with Crippen molar-refractivity contribution in [2.45, 2.75) is 19.1 Å². The summed E-state index contributed by atoms with van der Waals surface area (Å²) in [7, 11) is 1.65. The second-order valence-electron chi connectivity index (χ2n) is 4.45. The SMILES string of the molecule is COc1ccccc1C(Oc1ccccc1)C(C)N. The van der Waals surface area contributed by atoms with Crippen LogP contribution in [0.25, 0.3) is 0 Å². The van der Waals surface area contributed by atoms with E-state index < -0.39 is 0 Å². The van der Waals surface area contributed by atoms with Gasteiger partial charge in [0.15, 0.2) is 0 Å². The van der Waals surface area contributed by atoms with Crippen LogP contribution in [0, 0.1) is 0 Å². The summed E-state index contributed by atoms with van der Waals surface area (Å²) in [5.74, 6) is 1.59. The van der Waals surface area contributed by atoms with Gasteiger partial charge in [-0.05, 0) is 25.1 Å². The highest BCUT2D eigenvalue weighted by atomic mass is 16.5. The molecule has 0 fully saturated rings. The van der Waals surface area contributed by atoms with Crippen molar-refractivity contribution < 1.29 is 9.47 Å². The lowest BCUT2D eigenvalue weighted by Crippen LogP contribution is -2.29. The van der Waals surface area contributed by atoms with Crippen LogP contribution in [0.1, 0.15) is 18.6 Å². The van der Waals surface area contributed by atoms with Crippen molar-refractivity contribution in [2.75, 3.05) is 7.11 Å². The molecular formula is C16H19NO2. The van der Waals surface area contributed by atoms with E-state index in [1.165, 1.54) is 0 Å². The van der Waals surface area contributed by atoms with E-state index in [2.05, 4.69) is 0 Å². The summed E-state index contributed by atoms with van der Waals surface area (Å²) in [5.41, 5.74) is 7.02. The summed E-state index contributed by atoms with van der Waals surface area (Å²) in [6.45, 7) is 1.93. The van der Waals surface area contributed by atoms with Gasteiger partial charge in [-0.15, -0.1) is 0 Å². The van der Waals surface area contributed by atoms with Crippen LogP contribution in [-0.4, -0.2) is 13.2 Å². The highest BCUT2D eigenvalue weighted by Gasteiger charge is 2.21. The molecule has 0 amide bonds. The largest absolute Gasteiger partial charge is 0.496 e. The predicted octanol–water partition coefficient (Wildman–Crippen LogP) is 3.16. The number of nitrogens with two attached hydrogens (primary N) is 1. The molecule has 0 saturated heterocycles. The lowest BCUT2D eigenvalue weighted by molar-refractivity contribution is 0.176. The monoisotopic (exact) mass is 257 g/mol. The van der Waals surface area contributed by atoms with Crippen LogP contribution in [-0.2, 0) is 0 Å². The second-order valence-corrected chi connectivity index (χ2v) is 4.45. The molecule has 2 unspecified atom stereocenters. The topological polar surface area (TPSA) is 44.5 Å². The molecule has 0 bridgehead atoms. The fraction of sp³-hybridized carbons (Fsp3) is 0.250. The minimum Gasteiger partial charge on any atom is -0.496 e. The Morgan fingerprint density at radius 1 is 0.947 bits per heavy atom. The maximum Gasteiger partial charge on any atom is 0.142 e. The van der Waals surface area contributed by atoms with E-state index in [1.807, 2.05) is 61.5 Å². The van der Waals surface area contributed by atoms with Gasteiger partial charge in [0.25, 0.3) is 0 Å². The highest BCUT2D eigenvalue weighted by Crippen LogP contribution is 2.30. The normalized spacial score (nSPS) is 13.6. The summed E-state index contributed by atoms with van der Waals surface area (Å²) in [6.07, 6.45) is -0.237. The molecule has 100 valence electrons. The van der Waals surface area contributed by atoms with Crippen LogP contribution in [0.15, 0.2) is 54.6 Å². The zero-order chi connectivity index (χ0) is 13.7. The molecule has 0 aliphatic rings. The molecule has 2 aromatic rings. The number of hydrogen-bond donors (Lipinski definition) is 1.